The maximum Gasteiger partial charge on any atom is 0.416 e. The first kappa shape index (κ1) is 26.5. The maximum atomic E-state index is 12.6. The van der Waals surface area contributed by atoms with Crippen molar-refractivity contribution in [1.29, 1.82) is 0 Å². The molecule has 0 aliphatic heterocycles. The largest absolute Gasteiger partial charge is 0.416 e. The third-order valence-electron chi connectivity index (χ3n) is 5.28. The highest BCUT2D eigenvalue weighted by molar-refractivity contribution is 14.0. The zero-order valence-electron chi connectivity index (χ0n) is 17.3. The summed E-state index contributed by atoms with van der Waals surface area (Å²) in [7, 11) is 3.39. The summed E-state index contributed by atoms with van der Waals surface area (Å²) >= 11 is 0. The van der Waals surface area contributed by atoms with E-state index in [0.29, 0.717) is 19.0 Å². The number of ether oxygens (including phenoxy) is 1. The van der Waals surface area contributed by atoms with Gasteiger partial charge in [-0.3, -0.25) is 9.79 Å². The van der Waals surface area contributed by atoms with E-state index >= 15 is 0 Å². The van der Waals surface area contributed by atoms with Crippen LogP contribution in [0.5, 0.6) is 0 Å². The van der Waals surface area contributed by atoms with E-state index in [0.717, 1.165) is 31.7 Å². The fourth-order valence-corrected chi connectivity index (χ4v) is 3.27. The second-order valence-corrected chi connectivity index (χ2v) is 7.28. The quantitative estimate of drug-likeness (QED) is 0.194. The molecule has 1 aliphatic carbocycles. The van der Waals surface area contributed by atoms with Crippen molar-refractivity contribution in [3.8, 4) is 0 Å². The third-order valence-corrected chi connectivity index (χ3v) is 5.28. The van der Waals surface area contributed by atoms with E-state index in [1.54, 1.807) is 14.2 Å². The lowest BCUT2D eigenvalue weighted by molar-refractivity contribution is -0.137. The predicted octanol–water partition coefficient (Wildman–Crippen LogP) is 3.43. The summed E-state index contributed by atoms with van der Waals surface area (Å²) in [5, 5.41) is 9.13. The summed E-state index contributed by atoms with van der Waals surface area (Å²) in [5.41, 5.74) is -0.337. The van der Waals surface area contributed by atoms with Crippen molar-refractivity contribution in [2.75, 3.05) is 40.4 Å². The van der Waals surface area contributed by atoms with Crippen LogP contribution in [0.25, 0.3) is 0 Å². The Morgan fingerprint density at radius 3 is 2.27 bits per heavy atom. The standard InChI is InChI=1S/C20H29F3N4O2.HI/c1-24-18(27-14-19(8-3-9-19)10-13-29-2)26-12-11-25-17(28)15-4-6-16(7-5-15)20(21,22)23;/h4-7H,3,8-14H2,1-2H3,(H,25,28)(H2,24,26,27);1H. The number of hydrogen-bond acceptors (Lipinski definition) is 3. The van der Waals surface area contributed by atoms with Crippen LogP contribution < -0.4 is 16.0 Å². The van der Waals surface area contributed by atoms with Crippen molar-refractivity contribution in [1.82, 2.24) is 16.0 Å². The lowest BCUT2D eigenvalue weighted by atomic mass is 9.67. The zero-order valence-corrected chi connectivity index (χ0v) is 19.6. The number of carbonyl (C=O) groups is 1. The van der Waals surface area contributed by atoms with Crippen LogP contribution in [0.4, 0.5) is 13.2 Å². The Labute approximate surface area is 192 Å². The van der Waals surface area contributed by atoms with Crippen molar-refractivity contribution in [2.45, 2.75) is 31.9 Å². The molecular weight excluding hydrogens is 512 g/mol. The smallest absolute Gasteiger partial charge is 0.385 e. The van der Waals surface area contributed by atoms with Crippen LogP contribution in [-0.2, 0) is 10.9 Å². The molecule has 1 fully saturated rings. The SMILES string of the molecule is CN=C(NCCNC(=O)c1ccc(C(F)(F)F)cc1)NCC1(CCOC)CCC1.I. The van der Waals surface area contributed by atoms with Gasteiger partial charge in [0.25, 0.3) is 5.91 Å². The van der Waals surface area contributed by atoms with Crippen LogP contribution >= 0.6 is 24.0 Å². The Hall–Kier alpha value is -1.56. The summed E-state index contributed by atoms with van der Waals surface area (Å²) in [6.45, 7) is 2.31. The summed E-state index contributed by atoms with van der Waals surface area (Å²) in [5.74, 6) is 0.230. The summed E-state index contributed by atoms with van der Waals surface area (Å²) < 4.78 is 42.9. The number of alkyl halides is 3. The number of hydrogen-bond donors (Lipinski definition) is 3. The molecule has 6 nitrogen and oxygen atoms in total. The number of methoxy groups -OCH3 is 1. The van der Waals surface area contributed by atoms with Crippen molar-refractivity contribution < 1.29 is 22.7 Å². The average molecular weight is 542 g/mol. The van der Waals surface area contributed by atoms with Gasteiger partial charge in [-0.05, 0) is 48.9 Å². The summed E-state index contributed by atoms with van der Waals surface area (Å²) in [6.07, 6.45) is 0.167. The minimum absolute atomic E-state index is 0. The molecule has 30 heavy (non-hydrogen) atoms. The number of nitrogens with one attached hydrogen (secondary N) is 3. The molecule has 0 aromatic heterocycles. The third kappa shape index (κ3) is 7.93. The van der Waals surface area contributed by atoms with Crippen LogP contribution in [0, 0.1) is 5.41 Å². The van der Waals surface area contributed by atoms with E-state index in [1.165, 1.54) is 31.4 Å². The van der Waals surface area contributed by atoms with Gasteiger partial charge in [0.1, 0.15) is 0 Å². The van der Waals surface area contributed by atoms with Gasteiger partial charge >= 0.3 is 6.18 Å². The van der Waals surface area contributed by atoms with Crippen LogP contribution in [-0.4, -0.2) is 52.3 Å². The molecule has 0 bridgehead atoms. The van der Waals surface area contributed by atoms with Crippen LogP contribution in [0.2, 0.25) is 0 Å². The van der Waals surface area contributed by atoms with Crippen LogP contribution in [0.3, 0.4) is 0 Å². The van der Waals surface area contributed by atoms with Gasteiger partial charge in [0.15, 0.2) is 5.96 Å². The number of nitrogens with zero attached hydrogens (tertiary/aromatic N) is 1. The van der Waals surface area contributed by atoms with E-state index in [1.807, 2.05) is 0 Å². The average Bonchev–Trinajstić information content (AvgIpc) is 2.67. The minimum Gasteiger partial charge on any atom is -0.385 e. The highest BCUT2D eigenvalue weighted by Gasteiger charge is 2.36. The van der Waals surface area contributed by atoms with Gasteiger partial charge in [-0.25, -0.2) is 0 Å². The van der Waals surface area contributed by atoms with Crippen LogP contribution in [0.15, 0.2) is 29.3 Å². The predicted molar refractivity (Wildman–Crippen MR) is 121 cm³/mol. The molecule has 2 rings (SSSR count). The van der Waals surface area contributed by atoms with Gasteiger partial charge in [-0.15, -0.1) is 24.0 Å². The molecule has 0 heterocycles. The van der Waals surface area contributed by atoms with E-state index in [4.69, 9.17) is 4.74 Å². The number of halogens is 4. The molecule has 0 radical (unpaired) electrons. The number of rotatable bonds is 9. The second-order valence-electron chi connectivity index (χ2n) is 7.28. The van der Waals surface area contributed by atoms with Gasteiger partial charge in [0.05, 0.1) is 5.56 Å². The number of benzene rings is 1. The van der Waals surface area contributed by atoms with Crippen molar-refractivity contribution in [2.24, 2.45) is 10.4 Å². The highest BCUT2D eigenvalue weighted by Crippen LogP contribution is 2.43. The van der Waals surface area contributed by atoms with E-state index in [2.05, 4.69) is 20.9 Å². The Kier molecular flexibility index (Phi) is 10.9. The van der Waals surface area contributed by atoms with E-state index in [-0.39, 0.29) is 35.0 Å². The van der Waals surface area contributed by atoms with Crippen molar-refractivity contribution in [3.05, 3.63) is 35.4 Å². The lowest BCUT2D eigenvalue weighted by Gasteiger charge is -2.42. The topological polar surface area (TPSA) is 74.8 Å². The monoisotopic (exact) mass is 542 g/mol. The molecular formula is C20H30F3IN4O2. The van der Waals surface area contributed by atoms with Gasteiger partial charge < -0.3 is 20.7 Å². The fraction of sp³-hybridized carbons (Fsp3) is 0.600. The molecule has 1 aliphatic rings. The summed E-state index contributed by atoms with van der Waals surface area (Å²) in [4.78, 5) is 16.2. The van der Waals surface area contributed by atoms with Gasteiger partial charge in [0, 0.05) is 46.0 Å². The van der Waals surface area contributed by atoms with Gasteiger partial charge in [0.2, 0.25) is 0 Å². The lowest BCUT2D eigenvalue weighted by Crippen LogP contribution is -2.48. The highest BCUT2D eigenvalue weighted by atomic mass is 127. The molecule has 1 saturated carbocycles. The fourth-order valence-electron chi connectivity index (χ4n) is 3.27. The Bertz CT molecular complexity index is 692. The van der Waals surface area contributed by atoms with Crippen molar-refractivity contribution in [3.63, 3.8) is 0 Å². The zero-order chi connectivity index (χ0) is 21.3. The Morgan fingerprint density at radius 1 is 1.13 bits per heavy atom. The number of aliphatic imine (C=N–C) groups is 1. The normalized spacial score (nSPS) is 15.6. The number of amides is 1. The molecule has 0 atom stereocenters. The number of carbonyl (C=O) groups excluding carboxylic acids is 1. The first-order valence-electron chi connectivity index (χ1n) is 9.69. The van der Waals surface area contributed by atoms with Gasteiger partial charge in [-0.1, -0.05) is 6.42 Å². The molecule has 1 amide bonds. The van der Waals surface area contributed by atoms with Gasteiger partial charge in [-0.2, -0.15) is 13.2 Å². The first-order valence-corrected chi connectivity index (χ1v) is 9.69. The Balaban J connectivity index is 0.00000450. The van der Waals surface area contributed by atoms with Crippen LogP contribution in [0.1, 0.15) is 41.6 Å². The second kappa shape index (κ2) is 12.3. The van der Waals surface area contributed by atoms with E-state index in [9.17, 15) is 18.0 Å². The molecule has 0 unspecified atom stereocenters. The molecule has 170 valence electrons. The number of guanidine groups is 1. The Morgan fingerprint density at radius 2 is 1.77 bits per heavy atom. The molecule has 0 spiro atoms. The van der Waals surface area contributed by atoms with Crippen molar-refractivity contribution >= 4 is 35.8 Å². The molecule has 1 aromatic carbocycles. The summed E-state index contributed by atoms with van der Waals surface area (Å²) in [6, 6.07) is 4.14. The molecule has 10 heteroatoms. The first-order chi connectivity index (χ1) is 13.8. The molecule has 1 aromatic rings. The van der Waals surface area contributed by atoms with E-state index < -0.39 is 17.6 Å². The molecule has 0 saturated heterocycles. The molecule has 3 N–H and O–H groups in total. The maximum absolute atomic E-state index is 12.6. The minimum atomic E-state index is -4.41.